The predicted octanol–water partition coefficient (Wildman–Crippen LogP) is 4.16. The average Bonchev–Trinajstić information content (AvgIpc) is 3.29. The van der Waals surface area contributed by atoms with Crippen molar-refractivity contribution in [3.8, 4) is 11.5 Å². The molecule has 5 heteroatoms. The molecule has 2 atom stereocenters. The lowest BCUT2D eigenvalue weighted by Gasteiger charge is -2.46. The summed E-state index contributed by atoms with van der Waals surface area (Å²) in [5.74, 6) is 1.79. The van der Waals surface area contributed by atoms with Crippen LogP contribution in [-0.2, 0) is 6.42 Å². The van der Waals surface area contributed by atoms with Crippen LogP contribution in [0.3, 0.4) is 0 Å². The number of hydrogen-bond donors (Lipinski definition) is 2. The first-order chi connectivity index (χ1) is 15.6. The second-order valence-electron chi connectivity index (χ2n) is 9.49. The fourth-order valence-corrected chi connectivity index (χ4v) is 5.57. The zero-order valence-electron chi connectivity index (χ0n) is 18.2. The van der Waals surface area contributed by atoms with Gasteiger partial charge in [-0.2, -0.15) is 0 Å². The molecule has 3 aromatic carbocycles. The van der Waals surface area contributed by atoms with E-state index in [2.05, 4.69) is 29.2 Å². The molecule has 5 nitrogen and oxygen atoms in total. The van der Waals surface area contributed by atoms with E-state index in [9.17, 15) is 10.2 Å². The molecular weight excluding hydrogens is 402 g/mol. The molecule has 0 bridgehead atoms. The number of rotatable bonds is 3. The van der Waals surface area contributed by atoms with Gasteiger partial charge in [-0.1, -0.05) is 42.5 Å². The average molecular weight is 432 g/mol. The Bertz CT molecular complexity index is 1150. The third-order valence-electron chi connectivity index (χ3n) is 7.45. The van der Waals surface area contributed by atoms with Crippen LogP contribution in [0.4, 0.5) is 0 Å². The Kier molecular flexibility index (Phi) is 4.86. The molecule has 2 N–H and O–H groups in total. The number of hydrogen-bond acceptors (Lipinski definition) is 5. The molecule has 0 amide bonds. The van der Waals surface area contributed by atoms with Crippen LogP contribution in [0.1, 0.15) is 48.2 Å². The highest BCUT2D eigenvalue weighted by atomic mass is 16.5. The number of aliphatic hydroxyl groups is 2. The maximum absolute atomic E-state index is 10.9. The number of likely N-dealkylation sites (tertiary alicyclic amines) is 1. The zero-order chi connectivity index (χ0) is 21.7. The van der Waals surface area contributed by atoms with Crippen LogP contribution >= 0.6 is 0 Å². The predicted molar refractivity (Wildman–Crippen MR) is 123 cm³/mol. The van der Waals surface area contributed by atoms with Gasteiger partial charge in [0.15, 0.2) is 0 Å². The van der Waals surface area contributed by atoms with Gasteiger partial charge in [0.05, 0.1) is 18.8 Å². The van der Waals surface area contributed by atoms with Crippen molar-refractivity contribution in [3.63, 3.8) is 0 Å². The molecule has 3 aliphatic rings. The molecular formula is C27H29NO4. The Morgan fingerprint density at radius 3 is 2.78 bits per heavy atom. The topological polar surface area (TPSA) is 62.2 Å². The van der Waals surface area contributed by atoms with Crippen molar-refractivity contribution in [2.75, 3.05) is 26.2 Å². The van der Waals surface area contributed by atoms with Gasteiger partial charge in [-0.25, -0.2) is 0 Å². The molecule has 0 unspecified atom stereocenters. The van der Waals surface area contributed by atoms with Crippen molar-refractivity contribution in [1.82, 2.24) is 4.90 Å². The molecule has 3 heterocycles. The summed E-state index contributed by atoms with van der Waals surface area (Å²) in [6.45, 7) is 3.03. The van der Waals surface area contributed by atoms with Gasteiger partial charge in [0, 0.05) is 43.4 Å². The number of ether oxygens (including phenoxy) is 2. The lowest BCUT2D eigenvalue weighted by Crippen LogP contribution is -2.51. The van der Waals surface area contributed by atoms with E-state index in [0.717, 1.165) is 72.4 Å². The minimum Gasteiger partial charge on any atom is -0.493 e. The van der Waals surface area contributed by atoms with Crippen molar-refractivity contribution in [2.45, 2.75) is 43.5 Å². The quantitative estimate of drug-likeness (QED) is 0.652. The molecule has 0 aliphatic carbocycles. The van der Waals surface area contributed by atoms with E-state index in [1.54, 1.807) is 0 Å². The van der Waals surface area contributed by atoms with E-state index in [1.807, 2.05) is 30.3 Å². The second kappa shape index (κ2) is 7.77. The van der Waals surface area contributed by atoms with Crippen LogP contribution in [0.2, 0.25) is 0 Å². The first kappa shape index (κ1) is 20.0. The smallest absolute Gasteiger partial charge is 0.133 e. The van der Waals surface area contributed by atoms with Gasteiger partial charge >= 0.3 is 0 Å². The van der Waals surface area contributed by atoms with E-state index in [0.29, 0.717) is 13.0 Å². The van der Waals surface area contributed by atoms with Gasteiger partial charge in [0.25, 0.3) is 0 Å². The largest absolute Gasteiger partial charge is 0.493 e. The van der Waals surface area contributed by atoms with E-state index < -0.39 is 12.2 Å². The summed E-state index contributed by atoms with van der Waals surface area (Å²) in [6.07, 6.45) is 2.21. The van der Waals surface area contributed by atoms with E-state index in [-0.39, 0.29) is 5.60 Å². The van der Waals surface area contributed by atoms with Gasteiger partial charge in [0.1, 0.15) is 17.1 Å². The van der Waals surface area contributed by atoms with Crippen molar-refractivity contribution < 1.29 is 19.7 Å². The summed E-state index contributed by atoms with van der Waals surface area (Å²) in [5.41, 5.74) is 2.70. The van der Waals surface area contributed by atoms with Gasteiger partial charge in [-0.05, 0) is 41.5 Å². The Balaban J connectivity index is 1.16. The molecule has 166 valence electrons. The summed E-state index contributed by atoms with van der Waals surface area (Å²) in [6, 6.07) is 18.3. The Morgan fingerprint density at radius 2 is 1.91 bits per heavy atom. The fraction of sp³-hybridized carbons (Fsp3) is 0.407. The lowest BCUT2D eigenvalue weighted by atomic mass is 9.81. The van der Waals surface area contributed by atoms with Crippen LogP contribution in [-0.4, -0.2) is 47.0 Å². The Hall–Kier alpha value is -2.60. The number of piperidine rings is 1. The van der Waals surface area contributed by atoms with Crippen molar-refractivity contribution >= 4 is 10.8 Å². The summed E-state index contributed by atoms with van der Waals surface area (Å²) < 4.78 is 12.3. The standard InChI is InChI=1S/C27H29NO4/c29-23-16-27(32-26-21-4-2-1-3-18(21)5-7-22(23)26)10-12-28(13-11-27)17-24(30)19-6-8-25-20(15-19)9-14-31-25/h1-8,15,23-24,29-30H,9-14,16-17H2/t23-,24+/m1/s1. The van der Waals surface area contributed by atoms with Gasteiger partial charge < -0.3 is 24.6 Å². The molecule has 3 aromatic rings. The number of aliphatic hydroxyl groups excluding tert-OH is 2. The number of β-amino-alcohol motifs (C(OH)–C–C–N with tert-alkyl or cyclic N) is 1. The Labute approximate surface area is 188 Å². The van der Waals surface area contributed by atoms with E-state index >= 15 is 0 Å². The minimum absolute atomic E-state index is 0.344. The number of fused-ring (bicyclic) bond motifs is 4. The molecule has 6 rings (SSSR count). The fourth-order valence-electron chi connectivity index (χ4n) is 5.57. The first-order valence-corrected chi connectivity index (χ1v) is 11.7. The maximum atomic E-state index is 10.9. The number of nitrogens with zero attached hydrogens (tertiary/aromatic N) is 1. The van der Waals surface area contributed by atoms with Crippen LogP contribution in [0.15, 0.2) is 54.6 Å². The van der Waals surface area contributed by atoms with Gasteiger partial charge in [-0.15, -0.1) is 0 Å². The lowest BCUT2D eigenvalue weighted by molar-refractivity contribution is -0.0577. The molecule has 0 saturated carbocycles. The van der Waals surface area contributed by atoms with Crippen LogP contribution < -0.4 is 9.47 Å². The monoisotopic (exact) mass is 431 g/mol. The van der Waals surface area contributed by atoms with Crippen molar-refractivity contribution in [2.24, 2.45) is 0 Å². The molecule has 0 radical (unpaired) electrons. The van der Waals surface area contributed by atoms with E-state index in [4.69, 9.17) is 9.47 Å². The maximum Gasteiger partial charge on any atom is 0.133 e. The van der Waals surface area contributed by atoms with Crippen molar-refractivity contribution in [1.29, 1.82) is 0 Å². The summed E-state index contributed by atoms with van der Waals surface area (Å²) in [7, 11) is 0. The third-order valence-corrected chi connectivity index (χ3v) is 7.45. The van der Waals surface area contributed by atoms with Crippen LogP contribution in [0.5, 0.6) is 11.5 Å². The highest BCUT2D eigenvalue weighted by Gasteiger charge is 2.43. The van der Waals surface area contributed by atoms with Gasteiger partial charge in [0.2, 0.25) is 0 Å². The molecule has 3 aliphatic heterocycles. The Morgan fingerprint density at radius 1 is 1.06 bits per heavy atom. The summed E-state index contributed by atoms with van der Waals surface area (Å²) in [5, 5.41) is 24.0. The van der Waals surface area contributed by atoms with Crippen LogP contribution in [0, 0.1) is 0 Å². The molecule has 1 spiro atoms. The minimum atomic E-state index is -0.516. The zero-order valence-corrected chi connectivity index (χ0v) is 18.2. The number of benzene rings is 3. The summed E-state index contributed by atoms with van der Waals surface area (Å²) in [4.78, 5) is 2.31. The first-order valence-electron chi connectivity index (χ1n) is 11.7. The summed E-state index contributed by atoms with van der Waals surface area (Å²) >= 11 is 0. The third kappa shape index (κ3) is 3.45. The van der Waals surface area contributed by atoms with Crippen LogP contribution in [0.25, 0.3) is 10.8 Å². The highest BCUT2D eigenvalue weighted by Crippen LogP contribution is 2.47. The SMILES string of the molecule is O[C@@H]1CC2(CCN(C[C@H](O)c3ccc4c(c3)CCO4)CC2)Oc2c1ccc1ccccc21. The van der Waals surface area contributed by atoms with E-state index in [1.165, 1.54) is 5.56 Å². The second-order valence-corrected chi connectivity index (χ2v) is 9.49. The highest BCUT2D eigenvalue weighted by molar-refractivity contribution is 5.90. The molecule has 1 fully saturated rings. The van der Waals surface area contributed by atoms with Crippen molar-refractivity contribution in [3.05, 3.63) is 71.3 Å². The molecule has 32 heavy (non-hydrogen) atoms. The molecule has 1 saturated heterocycles. The molecule has 0 aromatic heterocycles. The normalized spacial score (nSPS) is 22.8. The van der Waals surface area contributed by atoms with Gasteiger partial charge in [-0.3, -0.25) is 0 Å².